The van der Waals surface area contributed by atoms with Gasteiger partial charge >= 0.3 is 5.97 Å². The van der Waals surface area contributed by atoms with E-state index in [2.05, 4.69) is 6.58 Å². The van der Waals surface area contributed by atoms with Crippen molar-refractivity contribution >= 4 is 17.8 Å². The van der Waals surface area contributed by atoms with Gasteiger partial charge in [-0.25, -0.2) is 0 Å². The molecular formula is C28H38N2O6. The third-order valence-electron chi connectivity index (χ3n) is 8.79. The van der Waals surface area contributed by atoms with Crippen LogP contribution < -0.4 is 0 Å². The van der Waals surface area contributed by atoms with E-state index in [1.54, 1.807) is 30.0 Å². The molecule has 2 N–H and O–H groups in total. The number of aliphatic hydroxyl groups excluding tert-OH is 1. The number of hydrogen-bond donors (Lipinski definition) is 2. The zero-order valence-corrected chi connectivity index (χ0v) is 21.6. The summed E-state index contributed by atoms with van der Waals surface area (Å²) in [5, 5.41) is 20.8. The average Bonchev–Trinajstić information content (AvgIpc) is 3.35. The summed E-state index contributed by atoms with van der Waals surface area (Å²) in [5.41, 5.74) is -1.66. The number of carbonyl (C=O) groups is 3. The van der Waals surface area contributed by atoms with Gasteiger partial charge in [-0.1, -0.05) is 56.7 Å². The van der Waals surface area contributed by atoms with Crippen LogP contribution in [-0.4, -0.2) is 74.2 Å². The van der Waals surface area contributed by atoms with Crippen LogP contribution in [0.15, 0.2) is 43.0 Å². The van der Waals surface area contributed by atoms with Crippen LogP contribution in [0.1, 0.15) is 58.6 Å². The number of ether oxygens (including phenoxy) is 1. The van der Waals surface area contributed by atoms with Crippen molar-refractivity contribution in [3.8, 4) is 0 Å². The van der Waals surface area contributed by atoms with E-state index in [1.165, 1.54) is 4.90 Å². The number of nitrogens with zero attached hydrogens (tertiary/aromatic N) is 2. The van der Waals surface area contributed by atoms with Crippen molar-refractivity contribution in [3.05, 3.63) is 48.6 Å². The molecule has 196 valence electrons. The highest BCUT2D eigenvalue weighted by Gasteiger charge is 2.80. The van der Waals surface area contributed by atoms with Gasteiger partial charge in [-0.05, 0) is 38.2 Å². The molecule has 3 aliphatic heterocycles. The molecule has 1 aromatic carbocycles. The second-order valence-electron chi connectivity index (χ2n) is 10.8. The van der Waals surface area contributed by atoms with Crippen molar-refractivity contribution in [1.82, 2.24) is 9.80 Å². The molecule has 36 heavy (non-hydrogen) atoms. The Balaban J connectivity index is 1.89. The fourth-order valence-corrected chi connectivity index (χ4v) is 7.05. The zero-order valence-electron chi connectivity index (χ0n) is 21.6. The molecule has 4 rings (SSSR count). The summed E-state index contributed by atoms with van der Waals surface area (Å²) in [6.07, 6.45) is 3.70. The number of hydrogen-bond acceptors (Lipinski definition) is 5. The third-order valence-corrected chi connectivity index (χ3v) is 8.79. The number of aliphatic hydroxyl groups is 1. The molecule has 2 amide bonds. The van der Waals surface area contributed by atoms with Gasteiger partial charge < -0.3 is 24.7 Å². The van der Waals surface area contributed by atoms with Crippen LogP contribution in [0, 0.1) is 17.8 Å². The molecule has 1 aromatic rings. The molecule has 0 aromatic heterocycles. The molecule has 0 saturated carbocycles. The highest BCUT2D eigenvalue weighted by Crippen LogP contribution is 2.66. The largest absolute Gasteiger partial charge is 0.481 e. The lowest BCUT2D eigenvalue weighted by Crippen LogP contribution is -2.58. The van der Waals surface area contributed by atoms with Crippen molar-refractivity contribution in [3.63, 3.8) is 0 Å². The van der Waals surface area contributed by atoms with Crippen LogP contribution in [0.2, 0.25) is 0 Å². The Morgan fingerprint density at radius 1 is 1.33 bits per heavy atom. The van der Waals surface area contributed by atoms with Crippen LogP contribution in [0.25, 0.3) is 0 Å². The van der Waals surface area contributed by atoms with Gasteiger partial charge in [0.15, 0.2) is 0 Å². The second-order valence-corrected chi connectivity index (χ2v) is 10.8. The summed E-state index contributed by atoms with van der Waals surface area (Å²) >= 11 is 0. The Kier molecular flexibility index (Phi) is 7.05. The molecular weight excluding hydrogens is 460 g/mol. The molecule has 3 heterocycles. The van der Waals surface area contributed by atoms with E-state index in [0.717, 1.165) is 12.8 Å². The Bertz CT molecular complexity index is 1030. The standard InChI is InChI=1S/C28H38N2O6/c1-6-11-18(4)29(14-7-2)25(33)23-28-15-17(3)27(5,36-28)22(26(34)35)21(28)24(32)30(23)20(16-31)19-12-9-8-10-13-19/h7-10,12-13,17-18,20-23,31H,2,6,11,14-16H2,1,3-5H3,(H,34,35)/t17?,18?,20-,21+,22+,23?,27-,28?/m1/s1. The summed E-state index contributed by atoms with van der Waals surface area (Å²) in [4.78, 5) is 44.3. The second kappa shape index (κ2) is 9.63. The average molecular weight is 499 g/mol. The van der Waals surface area contributed by atoms with Crippen molar-refractivity contribution < 1.29 is 29.3 Å². The van der Waals surface area contributed by atoms with Gasteiger partial charge in [0.1, 0.15) is 17.6 Å². The van der Waals surface area contributed by atoms with Crippen molar-refractivity contribution in [2.45, 2.75) is 76.3 Å². The minimum Gasteiger partial charge on any atom is -0.481 e. The van der Waals surface area contributed by atoms with Crippen LogP contribution in [-0.2, 0) is 19.1 Å². The van der Waals surface area contributed by atoms with Crippen molar-refractivity contribution in [2.75, 3.05) is 13.2 Å². The lowest BCUT2D eigenvalue weighted by molar-refractivity contribution is -0.160. The fraction of sp³-hybridized carbons (Fsp3) is 0.607. The van der Waals surface area contributed by atoms with Gasteiger partial charge in [-0.3, -0.25) is 14.4 Å². The lowest BCUT2D eigenvalue weighted by Gasteiger charge is -2.41. The van der Waals surface area contributed by atoms with Crippen LogP contribution in [0.5, 0.6) is 0 Å². The van der Waals surface area contributed by atoms with Gasteiger partial charge in [0, 0.05) is 12.6 Å². The van der Waals surface area contributed by atoms with Gasteiger partial charge in [-0.2, -0.15) is 0 Å². The first-order valence-electron chi connectivity index (χ1n) is 12.9. The first-order chi connectivity index (χ1) is 17.1. The maximum atomic E-state index is 14.4. The predicted octanol–water partition coefficient (Wildman–Crippen LogP) is 3.02. The molecule has 3 fully saturated rings. The smallest absolute Gasteiger partial charge is 0.310 e. The van der Waals surface area contributed by atoms with E-state index >= 15 is 0 Å². The van der Waals surface area contributed by atoms with E-state index in [9.17, 15) is 24.6 Å². The number of benzene rings is 1. The van der Waals surface area contributed by atoms with E-state index in [0.29, 0.717) is 18.5 Å². The Morgan fingerprint density at radius 2 is 2.00 bits per heavy atom. The Labute approximate surface area is 212 Å². The molecule has 8 nitrogen and oxygen atoms in total. The molecule has 8 heteroatoms. The number of aliphatic carboxylic acids is 1. The Morgan fingerprint density at radius 3 is 2.56 bits per heavy atom. The minimum atomic E-state index is -1.28. The van der Waals surface area contributed by atoms with E-state index in [1.807, 2.05) is 39.0 Å². The number of rotatable bonds is 10. The van der Waals surface area contributed by atoms with Gasteiger partial charge in [-0.15, -0.1) is 6.58 Å². The normalized spacial score (nSPS) is 34.4. The Hall–Kier alpha value is -2.71. The van der Waals surface area contributed by atoms with Gasteiger partial charge in [0.2, 0.25) is 11.8 Å². The number of likely N-dealkylation sites (tertiary alicyclic amines) is 1. The molecule has 3 aliphatic rings. The van der Waals surface area contributed by atoms with E-state index in [4.69, 9.17) is 4.74 Å². The number of carbonyl (C=O) groups excluding carboxylic acids is 2. The fourth-order valence-electron chi connectivity index (χ4n) is 7.05. The molecule has 1 spiro atoms. The lowest BCUT2D eigenvalue weighted by atomic mass is 9.62. The van der Waals surface area contributed by atoms with Crippen molar-refractivity contribution in [2.24, 2.45) is 17.8 Å². The molecule has 3 saturated heterocycles. The number of carboxylic acids is 1. The van der Waals surface area contributed by atoms with E-state index in [-0.39, 0.29) is 17.9 Å². The zero-order chi connectivity index (χ0) is 26.4. The van der Waals surface area contributed by atoms with Gasteiger partial charge in [0.05, 0.1) is 24.2 Å². The highest BCUT2D eigenvalue weighted by molar-refractivity contribution is 5.98. The summed E-state index contributed by atoms with van der Waals surface area (Å²) in [6.45, 7) is 11.4. The summed E-state index contributed by atoms with van der Waals surface area (Å²) < 4.78 is 6.59. The quantitative estimate of drug-likeness (QED) is 0.480. The minimum absolute atomic E-state index is 0.112. The van der Waals surface area contributed by atoms with Crippen molar-refractivity contribution in [1.29, 1.82) is 0 Å². The predicted molar refractivity (Wildman–Crippen MR) is 134 cm³/mol. The monoisotopic (exact) mass is 498 g/mol. The van der Waals surface area contributed by atoms with Gasteiger partial charge in [0.25, 0.3) is 0 Å². The number of amides is 2. The molecule has 0 radical (unpaired) electrons. The first kappa shape index (κ1) is 26.4. The summed E-state index contributed by atoms with van der Waals surface area (Å²) in [6, 6.07) is 7.10. The maximum Gasteiger partial charge on any atom is 0.310 e. The topological polar surface area (TPSA) is 107 Å². The van der Waals surface area contributed by atoms with E-state index < -0.39 is 53.6 Å². The molecule has 2 bridgehead atoms. The van der Waals surface area contributed by atoms with Crippen LogP contribution >= 0.6 is 0 Å². The number of carboxylic acid groups (broad SMARTS) is 1. The SMILES string of the molecule is C=CCN(C(=O)C1N([C@H](CO)c2ccccc2)C(=O)[C@@H]2[C@@H](C(=O)O)[C@]3(C)OC12CC3C)C(C)CCC. The maximum absolute atomic E-state index is 14.4. The summed E-state index contributed by atoms with van der Waals surface area (Å²) in [7, 11) is 0. The van der Waals surface area contributed by atoms with Crippen LogP contribution in [0.4, 0.5) is 0 Å². The third kappa shape index (κ3) is 3.68. The van der Waals surface area contributed by atoms with Crippen LogP contribution in [0.3, 0.4) is 0 Å². The summed E-state index contributed by atoms with van der Waals surface area (Å²) in [5.74, 6) is -4.08. The molecule has 8 atom stereocenters. The molecule has 0 aliphatic carbocycles. The molecule has 4 unspecified atom stereocenters. The first-order valence-corrected chi connectivity index (χ1v) is 12.9. The number of fused-ring (bicyclic) bond motifs is 1. The highest BCUT2D eigenvalue weighted by atomic mass is 16.5.